The number of benzene rings is 3. The second kappa shape index (κ2) is 8.44. The van der Waals surface area contributed by atoms with Crippen molar-refractivity contribution in [3.8, 4) is 5.75 Å². The van der Waals surface area contributed by atoms with Gasteiger partial charge < -0.3 is 15.5 Å². The predicted molar refractivity (Wildman–Crippen MR) is 123 cm³/mol. The van der Waals surface area contributed by atoms with Gasteiger partial charge in [0.1, 0.15) is 11.3 Å². The summed E-state index contributed by atoms with van der Waals surface area (Å²) in [5.41, 5.74) is 1.00. The molecule has 0 radical (unpaired) electrons. The zero-order valence-corrected chi connectivity index (χ0v) is 18.6. The number of rotatable bonds is 6. The van der Waals surface area contributed by atoms with E-state index in [1.165, 1.54) is 30.3 Å². The lowest BCUT2D eigenvalue weighted by Crippen LogP contribution is -2.16. The molecule has 0 spiro atoms. The molecule has 3 aromatic carbocycles. The van der Waals surface area contributed by atoms with E-state index in [1.54, 1.807) is 36.4 Å². The molecule has 0 aliphatic carbocycles. The van der Waals surface area contributed by atoms with Crippen molar-refractivity contribution in [2.75, 3.05) is 10.0 Å². The van der Waals surface area contributed by atoms with Crippen LogP contribution < -0.4 is 10.0 Å². The summed E-state index contributed by atoms with van der Waals surface area (Å²) >= 11 is 3.27. The molecule has 0 amide bonds. The number of sulfonamides is 1. The number of nitrogens with one attached hydrogen (secondary N) is 2. The zero-order valence-electron chi connectivity index (χ0n) is 16.2. The Morgan fingerprint density at radius 1 is 0.906 bits per heavy atom. The van der Waals surface area contributed by atoms with Crippen molar-refractivity contribution >= 4 is 60.3 Å². The molecule has 0 aliphatic heterocycles. The number of phenols is 1. The van der Waals surface area contributed by atoms with Crippen LogP contribution >= 0.6 is 15.9 Å². The summed E-state index contributed by atoms with van der Waals surface area (Å²) in [6.45, 7) is 0. The highest BCUT2D eigenvalue weighted by Gasteiger charge is 2.19. The van der Waals surface area contributed by atoms with Gasteiger partial charge in [-0.15, -0.1) is 0 Å². The molecule has 0 fully saturated rings. The molecule has 1 heterocycles. The number of carboxylic acid groups (broad SMARTS) is 1. The van der Waals surface area contributed by atoms with Crippen LogP contribution in [0, 0.1) is 0 Å². The predicted octanol–water partition coefficient (Wildman–Crippen LogP) is 4.34. The fourth-order valence-electron chi connectivity index (χ4n) is 2.89. The number of aromatic nitrogens is 2. The van der Waals surface area contributed by atoms with E-state index in [0.29, 0.717) is 16.7 Å². The molecule has 4 aromatic rings. The summed E-state index contributed by atoms with van der Waals surface area (Å²) in [6.07, 6.45) is 0. The van der Waals surface area contributed by atoms with Gasteiger partial charge in [0.05, 0.1) is 15.9 Å². The lowest BCUT2D eigenvalue weighted by atomic mass is 10.2. The molecule has 0 aliphatic rings. The summed E-state index contributed by atoms with van der Waals surface area (Å²) < 4.78 is 29.0. The minimum absolute atomic E-state index is 0.0325. The molecule has 11 heteroatoms. The smallest absolute Gasteiger partial charge is 0.339 e. The highest BCUT2D eigenvalue weighted by atomic mass is 79.9. The van der Waals surface area contributed by atoms with E-state index in [-0.39, 0.29) is 22.1 Å². The highest BCUT2D eigenvalue weighted by Crippen LogP contribution is 2.29. The van der Waals surface area contributed by atoms with Crippen LogP contribution in [0.2, 0.25) is 0 Å². The van der Waals surface area contributed by atoms with Gasteiger partial charge in [0, 0.05) is 16.2 Å². The van der Waals surface area contributed by atoms with Gasteiger partial charge in [-0.25, -0.2) is 23.2 Å². The van der Waals surface area contributed by atoms with E-state index >= 15 is 0 Å². The minimum atomic E-state index is -3.98. The van der Waals surface area contributed by atoms with Crippen molar-refractivity contribution in [2.24, 2.45) is 0 Å². The minimum Gasteiger partial charge on any atom is -0.507 e. The normalized spacial score (nSPS) is 11.3. The van der Waals surface area contributed by atoms with Gasteiger partial charge >= 0.3 is 5.97 Å². The molecule has 4 N–H and O–H groups in total. The lowest BCUT2D eigenvalue weighted by Gasteiger charge is -2.14. The Balaban J connectivity index is 1.76. The maximum Gasteiger partial charge on any atom is 0.339 e. The van der Waals surface area contributed by atoms with Crippen LogP contribution in [0.25, 0.3) is 11.0 Å². The molecule has 162 valence electrons. The SMILES string of the molecule is O=C(O)c1ccc(Nc2nc3ccccc3nc2NS(=O)(=O)c2ccc(Br)cc2)cc1O. The highest BCUT2D eigenvalue weighted by molar-refractivity contribution is 9.10. The van der Waals surface area contributed by atoms with Gasteiger partial charge in [-0.05, 0) is 48.5 Å². The number of aromatic carboxylic acids is 1. The van der Waals surface area contributed by atoms with Crippen LogP contribution in [0.4, 0.5) is 17.3 Å². The Morgan fingerprint density at radius 3 is 2.12 bits per heavy atom. The molecule has 0 unspecified atom stereocenters. The summed E-state index contributed by atoms with van der Waals surface area (Å²) in [4.78, 5) is 20.0. The number of nitrogens with zero attached hydrogens (tertiary/aromatic N) is 2. The van der Waals surface area contributed by atoms with Gasteiger partial charge in [-0.1, -0.05) is 28.1 Å². The van der Waals surface area contributed by atoms with Crippen LogP contribution in [-0.4, -0.2) is 34.6 Å². The molecule has 0 atom stereocenters. The van der Waals surface area contributed by atoms with Crippen LogP contribution in [-0.2, 0) is 10.0 Å². The number of hydrogen-bond acceptors (Lipinski definition) is 7. The standard InChI is InChI=1S/C21H15BrN4O5S/c22-12-5-8-14(9-6-12)32(30,31)26-20-19(24-16-3-1-2-4-17(16)25-20)23-13-7-10-15(21(28)29)18(27)11-13/h1-11,27H,(H,23,24)(H,25,26)(H,28,29). The first kappa shape index (κ1) is 21.5. The van der Waals surface area contributed by atoms with Crippen LogP contribution in [0.1, 0.15) is 10.4 Å². The first-order chi connectivity index (χ1) is 15.2. The zero-order chi connectivity index (χ0) is 22.9. The maximum atomic E-state index is 12.9. The fraction of sp³-hybridized carbons (Fsp3) is 0. The maximum absolute atomic E-state index is 12.9. The van der Waals surface area contributed by atoms with Crippen molar-refractivity contribution in [3.05, 3.63) is 76.8 Å². The van der Waals surface area contributed by atoms with Crippen molar-refractivity contribution in [1.82, 2.24) is 9.97 Å². The topological polar surface area (TPSA) is 142 Å². The van der Waals surface area contributed by atoms with Crippen molar-refractivity contribution in [3.63, 3.8) is 0 Å². The third-order valence-electron chi connectivity index (χ3n) is 4.42. The number of para-hydroxylation sites is 2. The van der Waals surface area contributed by atoms with E-state index in [0.717, 1.165) is 4.47 Å². The first-order valence-electron chi connectivity index (χ1n) is 9.11. The number of carboxylic acids is 1. The molecule has 0 saturated carbocycles. The molecule has 0 saturated heterocycles. The second-order valence-electron chi connectivity index (χ2n) is 6.63. The van der Waals surface area contributed by atoms with Crippen LogP contribution in [0.15, 0.2) is 76.1 Å². The number of aromatic hydroxyl groups is 1. The Morgan fingerprint density at radius 2 is 1.53 bits per heavy atom. The van der Waals surface area contributed by atoms with Crippen molar-refractivity contribution in [1.29, 1.82) is 0 Å². The quantitative estimate of drug-likeness (QED) is 0.297. The average molecular weight is 515 g/mol. The molecular formula is C21H15BrN4O5S. The van der Waals surface area contributed by atoms with Crippen LogP contribution in [0.3, 0.4) is 0 Å². The van der Waals surface area contributed by atoms with Gasteiger partial charge in [0.15, 0.2) is 11.6 Å². The number of hydrogen-bond donors (Lipinski definition) is 4. The lowest BCUT2D eigenvalue weighted by molar-refractivity contribution is 0.0693. The fourth-order valence-corrected chi connectivity index (χ4v) is 4.16. The number of carbonyl (C=O) groups is 1. The van der Waals surface area contributed by atoms with Gasteiger partial charge in [0.2, 0.25) is 0 Å². The van der Waals surface area contributed by atoms with E-state index in [1.807, 2.05) is 0 Å². The van der Waals surface area contributed by atoms with Crippen molar-refractivity contribution in [2.45, 2.75) is 4.90 Å². The Bertz CT molecular complexity index is 1440. The Kier molecular flexibility index (Phi) is 5.68. The monoisotopic (exact) mass is 514 g/mol. The third-order valence-corrected chi connectivity index (χ3v) is 6.30. The number of anilines is 3. The molecule has 9 nitrogen and oxygen atoms in total. The van der Waals surface area contributed by atoms with Crippen LogP contribution in [0.5, 0.6) is 5.75 Å². The summed E-state index contributed by atoms with van der Waals surface area (Å²) in [5.74, 6) is -1.71. The molecule has 4 rings (SSSR count). The van der Waals surface area contributed by atoms with E-state index in [2.05, 4.69) is 35.9 Å². The number of fused-ring (bicyclic) bond motifs is 1. The third kappa shape index (κ3) is 4.48. The Labute approximate surface area is 191 Å². The second-order valence-corrected chi connectivity index (χ2v) is 9.23. The Hall–Kier alpha value is -3.70. The molecule has 1 aromatic heterocycles. The average Bonchev–Trinajstić information content (AvgIpc) is 2.74. The van der Waals surface area contributed by atoms with Gasteiger partial charge in [-0.3, -0.25) is 4.72 Å². The summed E-state index contributed by atoms with van der Waals surface area (Å²) in [7, 11) is -3.98. The van der Waals surface area contributed by atoms with E-state index < -0.39 is 21.7 Å². The van der Waals surface area contributed by atoms with Gasteiger partial charge in [0.25, 0.3) is 10.0 Å². The van der Waals surface area contributed by atoms with E-state index in [4.69, 9.17) is 5.11 Å². The largest absolute Gasteiger partial charge is 0.507 e. The summed E-state index contributed by atoms with van der Waals surface area (Å²) in [5, 5.41) is 21.9. The molecule has 0 bridgehead atoms. The first-order valence-corrected chi connectivity index (χ1v) is 11.4. The number of halogens is 1. The molecule has 32 heavy (non-hydrogen) atoms. The van der Waals surface area contributed by atoms with E-state index in [9.17, 15) is 18.3 Å². The van der Waals surface area contributed by atoms with Gasteiger partial charge in [-0.2, -0.15) is 0 Å². The van der Waals surface area contributed by atoms with Crippen molar-refractivity contribution < 1.29 is 23.4 Å². The molecular weight excluding hydrogens is 500 g/mol. The summed E-state index contributed by atoms with van der Waals surface area (Å²) in [6, 6.07) is 16.9.